The van der Waals surface area contributed by atoms with E-state index in [1.807, 2.05) is 36.5 Å². The lowest BCUT2D eigenvalue weighted by Gasteiger charge is -2.03. The van der Waals surface area contributed by atoms with Gasteiger partial charge in [0.25, 0.3) is 5.91 Å². The second-order valence-corrected chi connectivity index (χ2v) is 7.33. The van der Waals surface area contributed by atoms with Crippen molar-refractivity contribution in [3.8, 4) is 0 Å². The van der Waals surface area contributed by atoms with Gasteiger partial charge in [-0.3, -0.25) is 4.79 Å². The number of hydrogen-bond donors (Lipinski definition) is 3. The van der Waals surface area contributed by atoms with Gasteiger partial charge in [0.1, 0.15) is 5.69 Å². The lowest BCUT2D eigenvalue weighted by atomic mass is 10.1. The van der Waals surface area contributed by atoms with Crippen molar-refractivity contribution in [2.45, 2.75) is 6.42 Å². The van der Waals surface area contributed by atoms with E-state index >= 15 is 0 Å². The summed E-state index contributed by atoms with van der Waals surface area (Å²) in [5.74, 6) is -0.171. The molecule has 136 valence electrons. The zero-order chi connectivity index (χ0) is 18.6. The van der Waals surface area contributed by atoms with E-state index in [0.29, 0.717) is 22.4 Å². The summed E-state index contributed by atoms with van der Waals surface area (Å²) in [7, 11) is 0. The van der Waals surface area contributed by atoms with Crippen LogP contribution in [0.3, 0.4) is 0 Å². The first-order valence-corrected chi connectivity index (χ1v) is 9.76. The number of aromatic amines is 1. The van der Waals surface area contributed by atoms with Crippen LogP contribution in [0.15, 0.2) is 60.1 Å². The van der Waals surface area contributed by atoms with Crippen molar-refractivity contribution in [1.82, 2.24) is 15.3 Å². The number of hydrogen-bond acceptors (Lipinski definition) is 4. The Morgan fingerprint density at radius 3 is 2.81 bits per heavy atom. The monoisotopic (exact) mass is 396 g/mol. The number of fused-ring (bicyclic) bond motifs is 1. The zero-order valence-electron chi connectivity index (χ0n) is 14.3. The van der Waals surface area contributed by atoms with Gasteiger partial charge in [0.2, 0.25) is 0 Å². The van der Waals surface area contributed by atoms with E-state index in [-0.39, 0.29) is 5.91 Å². The number of para-hydroxylation sites is 1. The molecular weight excluding hydrogens is 380 g/mol. The van der Waals surface area contributed by atoms with Gasteiger partial charge in [0, 0.05) is 39.7 Å². The lowest BCUT2D eigenvalue weighted by Crippen LogP contribution is -2.25. The van der Waals surface area contributed by atoms with Gasteiger partial charge < -0.3 is 15.6 Å². The van der Waals surface area contributed by atoms with E-state index < -0.39 is 0 Å². The SMILES string of the molecule is O=C(NCCc1c[nH]c2ccccc12)c1csc(Nc2ccc(Cl)cc2)n1. The van der Waals surface area contributed by atoms with Gasteiger partial charge in [-0.1, -0.05) is 29.8 Å². The van der Waals surface area contributed by atoms with Gasteiger partial charge in [-0.25, -0.2) is 4.98 Å². The highest BCUT2D eigenvalue weighted by Crippen LogP contribution is 2.22. The number of nitrogens with zero attached hydrogens (tertiary/aromatic N) is 1. The Bertz CT molecular complexity index is 1070. The third-order valence-electron chi connectivity index (χ3n) is 4.19. The number of halogens is 1. The molecule has 0 bridgehead atoms. The summed E-state index contributed by atoms with van der Waals surface area (Å²) in [6.45, 7) is 0.554. The van der Waals surface area contributed by atoms with Crippen molar-refractivity contribution >= 4 is 50.6 Å². The van der Waals surface area contributed by atoms with Crippen molar-refractivity contribution in [2.75, 3.05) is 11.9 Å². The first kappa shape index (κ1) is 17.6. The van der Waals surface area contributed by atoms with Gasteiger partial charge in [0.05, 0.1) is 0 Å². The third kappa shape index (κ3) is 4.13. The summed E-state index contributed by atoms with van der Waals surface area (Å²) in [4.78, 5) is 19.9. The molecule has 0 saturated heterocycles. The van der Waals surface area contributed by atoms with Gasteiger partial charge in [-0.2, -0.15) is 0 Å². The van der Waals surface area contributed by atoms with Crippen LogP contribution in [-0.4, -0.2) is 22.4 Å². The van der Waals surface area contributed by atoms with E-state index in [4.69, 9.17) is 11.6 Å². The minimum Gasteiger partial charge on any atom is -0.361 e. The molecule has 3 N–H and O–H groups in total. The molecule has 0 unspecified atom stereocenters. The number of anilines is 2. The van der Waals surface area contributed by atoms with Gasteiger partial charge in [-0.15, -0.1) is 11.3 Å². The molecule has 0 atom stereocenters. The fourth-order valence-electron chi connectivity index (χ4n) is 2.83. The Morgan fingerprint density at radius 2 is 1.96 bits per heavy atom. The number of carbonyl (C=O) groups excluding carboxylic acids is 1. The summed E-state index contributed by atoms with van der Waals surface area (Å²) < 4.78 is 0. The van der Waals surface area contributed by atoms with Crippen LogP contribution in [0, 0.1) is 0 Å². The van der Waals surface area contributed by atoms with Crippen molar-refractivity contribution < 1.29 is 4.79 Å². The van der Waals surface area contributed by atoms with E-state index in [2.05, 4.69) is 26.7 Å². The van der Waals surface area contributed by atoms with Crippen LogP contribution in [0.4, 0.5) is 10.8 Å². The summed E-state index contributed by atoms with van der Waals surface area (Å²) in [5, 5.41) is 10.4. The van der Waals surface area contributed by atoms with Crippen LogP contribution in [-0.2, 0) is 6.42 Å². The normalized spacial score (nSPS) is 10.9. The molecular formula is C20H17ClN4OS. The number of rotatable bonds is 6. The predicted octanol–water partition coefficient (Wildman–Crippen LogP) is 4.99. The van der Waals surface area contributed by atoms with Crippen LogP contribution in [0.5, 0.6) is 0 Å². The molecule has 27 heavy (non-hydrogen) atoms. The lowest BCUT2D eigenvalue weighted by molar-refractivity contribution is 0.0950. The molecule has 2 heterocycles. The highest BCUT2D eigenvalue weighted by atomic mass is 35.5. The number of carbonyl (C=O) groups is 1. The fourth-order valence-corrected chi connectivity index (χ4v) is 3.67. The molecule has 0 spiro atoms. The Labute approximate surface area is 165 Å². The van der Waals surface area contributed by atoms with Crippen LogP contribution >= 0.6 is 22.9 Å². The average molecular weight is 397 g/mol. The van der Waals surface area contributed by atoms with Gasteiger partial charge >= 0.3 is 0 Å². The highest BCUT2D eigenvalue weighted by Gasteiger charge is 2.11. The quantitative estimate of drug-likeness (QED) is 0.429. The minimum absolute atomic E-state index is 0.171. The van der Waals surface area contributed by atoms with Crippen molar-refractivity contribution in [3.63, 3.8) is 0 Å². The molecule has 0 saturated carbocycles. The van der Waals surface area contributed by atoms with Gasteiger partial charge in [0.15, 0.2) is 5.13 Å². The van der Waals surface area contributed by atoms with Crippen molar-refractivity contribution in [1.29, 1.82) is 0 Å². The largest absolute Gasteiger partial charge is 0.361 e. The van der Waals surface area contributed by atoms with E-state index in [1.54, 1.807) is 17.5 Å². The summed E-state index contributed by atoms with van der Waals surface area (Å²) in [6, 6.07) is 15.5. The molecule has 7 heteroatoms. The maximum Gasteiger partial charge on any atom is 0.270 e. The highest BCUT2D eigenvalue weighted by molar-refractivity contribution is 7.14. The molecule has 2 aromatic heterocycles. The standard InChI is InChI=1S/C20H17ClN4OS/c21-14-5-7-15(8-6-14)24-20-25-18(12-27-20)19(26)22-10-9-13-11-23-17-4-2-1-3-16(13)17/h1-8,11-12,23H,9-10H2,(H,22,26)(H,24,25). The topological polar surface area (TPSA) is 69.8 Å². The Kier molecular flexibility index (Phi) is 5.09. The van der Waals surface area contributed by atoms with Crippen molar-refractivity contribution in [2.24, 2.45) is 0 Å². The molecule has 0 aliphatic rings. The molecule has 4 aromatic rings. The number of nitrogens with one attached hydrogen (secondary N) is 3. The number of thiazole rings is 1. The summed E-state index contributed by atoms with van der Waals surface area (Å²) >= 11 is 7.27. The second kappa shape index (κ2) is 7.82. The molecule has 2 aromatic carbocycles. The Hall–Kier alpha value is -2.83. The number of benzene rings is 2. The first-order valence-electron chi connectivity index (χ1n) is 8.50. The average Bonchev–Trinajstić information content (AvgIpc) is 3.31. The minimum atomic E-state index is -0.171. The maximum atomic E-state index is 12.3. The Balaban J connectivity index is 1.33. The van der Waals surface area contributed by atoms with E-state index in [9.17, 15) is 4.79 Å². The molecule has 0 aliphatic carbocycles. The molecule has 0 radical (unpaired) electrons. The summed E-state index contributed by atoms with van der Waals surface area (Å²) in [6.07, 6.45) is 2.75. The van der Waals surface area contributed by atoms with E-state index in [0.717, 1.165) is 17.6 Å². The molecule has 4 rings (SSSR count). The predicted molar refractivity (Wildman–Crippen MR) is 111 cm³/mol. The Morgan fingerprint density at radius 1 is 1.15 bits per heavy atom. The van der Waals surface area contributed by atoms with Crippen molar-refractivity contribution in [3.05, 3.63) is 76.4 Å². The number of amides is 1. The third-order valence-corrected chi connectivity index (χ3v) is 5.20. The fraction of sp³-hybridized carbons (Fsp3) is 0.100. The smallest absolute Gasteiger partial charge is 0.270 e. The van der Waals surface area contributed by atoms with Crippen LogP contribution in [0.2, 0.25) is 5.02 Å². The van der Waals surface area contributed by atoms with Gasteiger partial charge in [-0.05, 0) is 42.3 Å². The van der Waals surface area contributed by atoms with Crippen LogP contribution < -0.4 is 10.6 Å². The second-order valence-electron chi connectivity index (χ2n) is 6.04. The van der Waals surface area contributed by atoms with Crippen LogP contribution in [0.1, 0.15) is 16.1 Å². The van der Waals surface area contributed by atoms with E-state index in [1.165, 1.54) is 22.3 Å². The maximum absolute atomic E-state index is 12.3. The molecule has 0 aliphatic heterocycles. The summed E-state index contributed by atoms with van der Waals surface area (Å²) in [5.41, 5.74) is 3.58. The molecule has 1 amide bonds. The molecule has 0 fully saturated rings. The zero-order valence-corrected chi connectivity index (χ0v) is 15.9. The first-order chi connectivity index (χ1) is 13.2. The number of aromatic nitrogens is 2. The van der Waals surface area contributed by atoms with Crippen LogP contribution in [0.25, 0.3) is 10.9 Å². The molecule has 5 nitrogen and oxygen atoms in total. The number of H-pyrrole nitrogens is 1.